The highest BCUT2D eigenvalue weighted by Gasteiger charge is 2.20. The third-order valence-corrected chi connectivity index (χ3v) is 6.88. The highest BCUT2D eigenvalue weighted by Crippen LogP contribution is 2.25. The van der Waals surface area contributed by atoms with Crippen LogP contribution >= 0.6 is 34.7 Å². The number of anilines is 1. The number of aromatic nitrogens is 3. The van der Waals surface area contributed by atoms with Crippen LogP contribution in [0.4, 0.5) is 5.69 Å². The fourth-order valence-corrected chi connectivity index (χ4v) is 4.78. The van der Waals surface area contributed by atoms with Crippen LogP contribution in [0.15, 0.2) is 62.5 Å². The number of para-hydroxylation sites is 1. The molecule has 0 bridgehead atoms. The largest absolute Gasteiger partial charge is 0.337 e. The van der Waals surface area contributed by atoms with Crippen LogP contribution in [-0.4, -0.2) is 26.3 Å². The predicted molar refractivity (Wildman–Crippen MR) is 126 cm³/mol. The number of rotatable bonds is 5. The summed E-state index contributed by atoms with van der Waals surface area (Å²) in [4.78, 5) is 43.6. The van der Waals surface area contributed by atoms with E-state index in [2.05, 4.69) is 10.3 Å². The first-order valence-electron chi connectivity index (χ1n) is 9.21. The molecule has 2 heterocycles. The SMILES string of the molecule is CSc1nc2c(s1)c(=O)n(-c1ccccc1)c(=O)n2CC(=O)Nc1cc(Cl)ccc1C. The van der Waals surface area contributed by atoms with Crippen LogP contribution in [0.25, 0.3) is 16.0 Å². The van der Waals surface area contributed by atoms with Gasteiger partial charge in [0.2, 0.25) is 5.91 Å². The normalized spacial score (nSPS) is 11.1. The molecule has 1 N–H and O–H groups in total. The Labute approximate surface area is 190 Å². The molecule has 0 radical (unpaired) electrons. The molecule has 0 fully saturated rings. The fourth-order valence-electron chi connectivity index (χ4n) is 3.11. The minimum absolute atomic E-state index is 0.203. The monoisotopic (exact) mass is 472 g/mol. The molecule has 0 saturated carbocycles. The van der Waals surface area contributed by atoms with Gasteiger partial charge in [0.05, 0.1) is 5.69 Å². The van der Waals surface area contributed by atoms with Gasteiger partial charge >= 0.3 is 5.69 Å². The Morgan fingerprint density at radius 1 is 1.19 bits per heavy atom. The lowest BCUT2D eigenvalue weighted by atomic mass is 10.2. The number of aryl methyl sites for hydroxylation is 1. The lowest BCUT2D eigenvalue weighted by Crippen LogP contribution is -2.40. The molecule has 0 aliphatic heterocycles. The molecule has 0 spiro atoms. The first-order valence-corrected chi connectivity index (χ1v) is 11.6. The third kappa shape index (κ3) is 4.16. The molecule has 2 aromatic heterocycles. The molecule has 2 aromatic carbocycles. The van der Waals surface area contributed by atoms with Crippen LogP contribution in [0.5, 0.6) is 0 Å². The first-order chi connectivity index (χ1) is 14.9. The van der Waals surface area contributed by atoms with Crippen molar-refractivity contribution in [1.29, 1.82) is 0 Å². The van der Waals surface area contributed by atoms with E-state index in [1.165, 1.54) is 27.7 Å². The van der Waals surface area contributed by atoms with Crippen LogP contribution in [0.1, 0.15) is 5.56 Å². The van der Waals surface area contributed by atoms with Crippen LogP contribution in [0, 0.1) is 6.92 Å². The molecule has 0 aliphatic rings. The van der Waals surface area contributed by atoms with Crippen molar-refractivity contribution in [3.8, 4) is 5.69 Å². The molecule has 0 unspecified atom stereocenters. The van der Waals surface area contributed by atoms with Crippen molar-refractivity contribution >= 4 is 56.6 Å². The second-order valence-electron chi connectivity index (χ2n) is 6.69. The topological polar surface area (TPSA) is 86.0 Å². The molecule has 10 heteroatoms. The summed E-state index contributed by atoms with van der Waals surface area (Å²) in [5.41, 5.74) is 0.947. The van der Waals surface area contributed by atoms with E-state index in [-0.39, 0.29) is 12.2 Å². The van der Waals surface area contributed by atoms with E-state index >= 15 is 0 Å². The van der Waals surface area contributed by atoms with Gasteiger partial charge in [-0.3, -0.25) is 14.2 Å². The molecular formula is C21H17ClN4O3S2. The number of thiazole rings is 1. The number of halogens is 1. The van der Waals surface area contributed by atoms with E-state index in [0.717, 1.165) is 10.1 Å². The van der Waals surface area contributed by atoms with Crippen molar-refractivity contribution in [1.82, 2.24) is 14.1 Å². The summed E-state index contributed by atoms with van der Waals surface area (Å²) in [5, 5.41) is 3.27. The van der Waals surface area contributed by atoms with E-state index < -0.39 is 17.2 Å². The second-order valence-corrected chi connectivity index (χ2v) is 9.18. The Kier molecular flexibility index (Phi) is 5.99. The van der Waals surface area contributed by atoms with E-state index in [0.29, 0.717) is 25.4 Å². The average molecular weight is 473 g/mol. The Bertz CT molecular complexity index is 1410. The second kappa shape index (κ2) is 8.70. The predicted octanol–water partition coefficient (Wildman–Crippen LogP) is 3.93. The highest BCUT2D eigenvalue weighted by atomic mass is 35.5. The first kappa shape index (κ1) is 21.4. The molecule has 4 aromatic rings. The molecule has 7 nitrogen and oxygen atoms in total. The van der Waals surface area contributed by atoms with E-state index in [1.54, 1.807) is 48.5 Å². The van der Waals surface area contributed by atoms with Gasteiger partial charge in [-0.1, -0.05) is 47.6 Å². The van der Waals surface area contributed by atoms with Gasteiger partial charge in [0, 0.05) is 10.7 Å². The highest BCUT2D eigenvalue weighted by molar-refractivity contribution is 8.00. The summed E-state index contributed by atoms with van der Waals surface area (Å²) < 4.78 is 3.26. The number of carbonyl (C=O) groups is 1. The molecule has 0 atom stereocenters. The van der Waals surface area contributed by atoms with Gasteiger partial charge < -0.3 is 5.32 Å². The van der Waals surface area contributed by atoms with Crippen molar-refractivity contribution in [3.63, 3.8) is 0 Å². The zero-order chi connectivity index (χ0) is 22.1. The van der Waals surface area contributed by atoms with Crippen LogP contribution in [0.2, 0.25) is 5.02 Å². The van der Waals surface area contributed by atoms with Crippen LogP contribution < -0.4 is 16.6 Å². The summed E-state index contributed by atoms with van der Waals surface area (Å²) in [7, 11) is 0. The zero-order valence-corrected chi connectivity index (χ0v) is 19.0. The number of thioether (sulfide) groups is 1. The summed E-state index contributed by atoms with van der Waals surface area (Å²) in [5.74, 6) is -0.425. The standard InChI is InChI=1S/C21H17ClN4O3S2/c1-12-8-9-13(22)10-15(12)23-16(27)11-25-18-17(31-20(24-18)30-2)19(28)26(21(25)29)14-6-4-3-5-7-14/h3-10H,11H2,1-2H3,(H,23,27). The van der Waals surface area contributed by atoms with Gasteiger partial charge in [-0.2, -0.15) is 0 Å². The zero-order valence-electron chi connectivity index (χ0n) is 16.6. The van der Waals surface area contributed by atoms with Crippen molar-refractivity contribution < 1.29 is 4.79 Å². The fraction of sp³-hybridized carbons (Fsp3) is 0.143. The van der Waals surface area contributed by atoms with Crippen molar-refractivity contribution in [2.75, 3.05) is 11.6 Å². The number of carbonyl (C=O) groups excluding carboxylic acids is 1. The van der Waals surface area contributed by atoms with Crippen molar-refractivity contribution in [2.45, 2.75) is 17.8 Å². The molecule has 4 rings (SSSR count). The quantitative estimate of drug-likeness (QED) is 0.445. The molecule has 158 valence electrons. The summed E-state index contributed by atoms with van der Waals surface area (Å²) >= 11 is 8.61. The van der Waals surface area contributed by atoms with E-state index in [9.17, 15) is 14.4 Å². The maximum absolute atomic E-state index is 13.3. The lowest BCUT2D eigenvalue weighted by molar-refractivity contribution is -0.116. The van der Waals surface area contributed by atoms with Gasteiger partial charge in [0.25, 0.3) is 5.56 Å². The maximum atomic E-state index is 13.3. The summed E-state index contributed by atoms with van der Waals surface area (Å²) in [6, 6.07) is 13.8. The van der Waals surface area contributed by atoms with Gasteiger partial charge in [-0.05, 0) is 43.0 Å². The summed E-state index contributed by atoms with van der Waals surface area (Å²) in [6.45, 7) is 1.54. The number of nitrogens with one attached hydrogen (secondary N) is 1. The Hall–Kier alpha value is -2.88. The van der Waals surface area contributed by atoms with Gasteiger partial charge in [0.15, 0.2) is 9.99 Å². The Balaban J connectivity index is 1.84. The van der Waals surface area contributed by atoms with E-state index in [1.807, 2.05) is 13.2 Å². The molecule has 1 amide bonds. The molecule has 0 saturated heterocycles. The van der Waals surface area contributed by atoms with Gasteiger partial charge in [-0.15, -0.1) is 11.3 Å². The van der Waals surface area contributed by atoms with Crippen molar-refractivity contribution in [2.24, 2.45) is 0 Å². The average Bonchev–Trinajstić information content (AvgIpc) is 3.19. The minimum atomic E-state index is -0.625. The number of hydrogen-bond donors (Lipinski definition) is 1. The summed E-state index contributed by atoms with van der Waals surface area (Å²) in [6.07, 6.45) is 1.84. The number of amides is 1. The smallest absolute Gasteiger partial charge is 0.324 e. The van der Waals surface area contributed by atoms with Crippen LogP contribution in [-0.2, 0) is 11.3 Å². The lowest BCUT2D eigenvalue weighted by Gasteiger charge is -2.12. The van der Waals surface area contributed by atoms with Crippen LogP contribution in [0.3, 0.4) is 0 Å². The molecular weight excluding hydrogens is 456 g/mol. The van der Waals surface area contributed by atoms with Gasteiger partial charge in [0.1, 0.15) is 11.2 Å². The maximum Gasteiger partial charge on any atom is 0.337 e. The molecule has 31 heavy (non-hydrogen) atoms. The Morgan fingerprint density at radius 2 is 1.94 bits per heavy atom. The molecule has 0 aliphatic carbocycles. The number of nitrogens with zero attached hydrogens (tertiary/aromatic N) is 3. The Morgan fingerprint density at radius 3 is 2.65 bits per heavy atom. The number of fused-ring (bicyclic) bond motifs is 1. The number of benzene rings is 2. The van der Waals surface area contributed by atoms with Crippen molar-refractivity contribution in [3.05, 3.63) is 80.0 Å². The van der Waals surface area contributed by atoms with Gasteiger partial charge in [-0.25, -0.2) is 14.3 Å². The number of hydrogen-bond acceptors (Lipinski definition) is 6. The third-order valence-electron chi connectivity index (χ3n) is 4.63. The van der Waals surface area contributed by atoms with E-state index in [4.69, 9.17) is 11.6 Å². The minimum Gasteiger partial charge on any atom is -0.324 e.